The molecule has 1 atom stereocenters. The van der Waals surface area contributed by atoms with E-state index in [1.807, 2.05) is 36.0 Å². The molecule has 2 N–H and O–H groups in total. The van der Waals surface area contributed by atoms with E-state index in [2.05, 4.69) is 41.5 Å². The van der Waals surface area contributed by atoms with Crippen molar-refractivity contribution in [1.29, 1.82) is 0 Å². The highest BCUT2D eigenvalue weighted by Crippen LogP contribution is 2.18. The summed E-state index contributed by atoms with van der Waals surface area (Å²) >= 11 is 0. The lowest BCUT2D eigenvalue weighted by atomic mass is 10.1. The van der Waals surface area contributed by atoms with Crippen LogP contribution < -0.4 is 20.1 Å². The molecule has 8 heteroatoms. The quantitative estimate of drug-likeness (QED) is 0.232. The normalized spacial score (nSPS) is 12.1. The number of hydrogen-bond donors (Lipinski definition) is 2. The first-order chi connectivity index (χ1) is 13.4. The number of aromatic nitrogens is 2. The lowest BCUT2D eigenvalue weighted by molar-refractivity contribution is 0.308. The zero-order chi connectivity index (χ0) is 20.5. The van der Waals surface area contributed by atoms with Crippen LogP contribution >= 0.6 is 24.0 Å². The summed E-state index contributed by atoms with van der Waals surface area (Å²) in [7, 11) is 5.42. The molecule has 2 aromatic rings. The van der Waals surface area contributed by atoms with Crippen molar-refractivity contribution >= 4 is 29.9 Å². The third-order valence-corrected chi connectivity index (χ3v) is 4.70. The van der Waals surface area contributed by atoms with Crippen molar-refractivity contribution in [2.24, 2.45) is 12.0 Å². The number of nitrogens with one attached hydrogen (secondary N) is 2. The van der Waals surface area contributed by atoms with Gasteiger partial charge in [0, 0.05) is 38.4 Å². The lowest BCUT2D eigenvalue weighted by Crippen LogP contribution is -2.43. The van der Waals surface area contributed by atoms with Gasteiger partial charge in [0.1, 0.15) is 11.5 Å². The summed E-state index contributed by atoms with van der Waals surface area (Å²) in [4.78, 5) is 4.31. The van der Waals surface area contributed by atoms with E-state index >= 15 is 0 Å². The van der Waals surface area contributed by atoms with Crippen molar-refractivity contribution in [2.75, 3.05) is 27.3 Å². The second kappa shape index (κ2) is 12.6. The van der Waals surface area contributed by atoms with E-state index in [0.29, 0.717) is 6.61 Å². The van der Waals surface area contributed by atoms with Crippen LogP contribution in [0.25, 0.3) is 0 Å². The second-order valence-corrected chi connectivity index (χ2v) is 6.90. The number of ether oxygens (including phenoxy) is 2. The molecule has 0 aliphatic heterocycles. The molecule has 0 amide bonds. The van der Waals surface area contributed by atoms with Crippen LogP contribution in [0.1, 0.15) is 30.3 Å². The third kappa shape index (κ3) is 7.75. The number of halogens is 1. The number of hydrogen-bond acceptors (Lipinski definition) is 4. The van der Waals surface area contributed by atoms with E-state index in [9.17, 15) is 0 Å². The zero-order valence-corrected chi connectivity index (χ0v) is 20.6. The molecule has 0 radical (unpaired) electrons. The molecule has 7 nitrogen and oxygen atoms in total. The summed E-state index contributed by atoms with van der Waals surface area (Å²) in [6, 6.07) is 7.89. The summed E-state index contributed by atoms with van der Waals surface area (Å²) in [6.07, 6.45) is 1.78. The Morgan fingerprint density at radius 1 is 1.28 bits per heavy atom. The van der Waals surface area contributed by atoms with Gasteiger partial charge in [-0.3, -0.25) is 9.67 Å². The molecule has 0 saturated heterocycles. The maximum Gasteiger partial charge on any atom is 0.191 e. The number of aliphatic imine (C=N–C) groups is 1. The Morgan fingerprint density at radius 3 is 2.62 bits per heavy atom. The number of rotatable bonds is 9. The molecular weight excluding hydrogens is 481 g/mol. The molecule has 0 fully saturated rings. The van der Waals surface area contributed by atoms with E-state index in [0.717, 1.165) is 42.5 Å². The fourth-order valence-electron chi connectivity index (χ4n) is 3.06. The third-order valence-electron chi connectivity index (χ3n) is 4.70. The fraction of sp³-hybridized carbons (Fsp3) is 0.524. The van der Waals surface area contributed by atoms with Gasteiger partial charge in [0.2, 0.25) is 0 Å². The van der Waals surface area contributed by atoms with Gasteiger partial charge in [-0.1, -0.05) is 6.07 Å². The van der Waals surface area contributed by atoms with Crippen LogP contribution in [0.3, 0.4) is 0 Å². The SMILES string of the molecule is CN=C(NCCCOc1cccc(OC)c1)NC(C)Cc1c(C)nn(C)c1C.I. The summed E-state index contributed by atoms with van der Waals surface area (Å²) < 4.78 is 12.9. The van der Waals surface area contributed by atoms with E-state index in [1.54, 1.807) is 14.2 Å². The second-order valence-electron chi connectivity index (χ2n) is 6.90. The molecule has 0 bridgehead atoms. The van der Waals surface area contributed by atoms with Gasteiger partial charge in [-0.25, -0.2) is 0 Å². The highest BCUT2D eigenvalue weighted by Gasteiger charge is 2.13. The molecule has 0 saturated carbocycles. The largest absolute Gasteiger partial charge is 0.497 e. The average molecular weight is 515 g/mol. The maximum atomic E-state index is 5.76. The standard InChI is InChI=1S/C21H33N5O2.HI/c1-15(13-20-16(2)25-26(5)17(20)3)24-21(22-4)23-11-8-12-28-19-10-7-9-18(14-19)27-6;/h7,9-10,14-15H,8,11-13H2,1-6H3,(H2,22,23,24);1H. The molecule has 0 aliphatic rings. The van der Waals surface area contributed by atoms with E-state index in [4.69, 9.17) is 9.47 Å². The van der Waals surface area contributed by atoms with Crippen LogP contribution in [0.15, 0.2) is 29.3 Å². The number of methoxy groups -OCH3 is 1. The number of benzene rings is 1. The van der Waals surface area contributed by atoms with E-state index in [1.165, 1.54) is 11.3 Å². The summed E-state index contributed by atoms with van der Waals surface area (Å²) in [6.45, 7) is 7.73. The first-order valence-electron chi connectivity index (χ1n) is 9.67. The van der Waals surface area contributed by atoms with Crippen molar-refractivity contribution in [3.8, 4) is 11.5 Å². The first-order valence-corrected chi connectivity index (χ1v) is 9.67. The summed E-state index contributed by atoms with van der Waals surface area (Å²) in [5.74, 6) is 2.42. The molecule has 1 heterocycles. The Morgan fingerprint density at radius 2 is 2.00 bits per heavy atom. The van der Waals surface area contributed by atoms with Gasteiger partial charge >= 0.3 is 0 Å². The molecule has 2 rings (SSSR count). The minimum Gasteiger partial charge on any atom is -0.497 e. The van der Waals surface area contributed by atoms with Crippen LogP contribution in [0.2, 0.25) is 0 Å². The summed E-state index contributed by atoms with van der Waals surface area (Å²) in [5.41, 5.74) is 3.60. The van der Waals surface area contributed by atoms with Crippen LogP contribution in [0, 0.1) is 13.8 Å². The minimum absolute atomic E-state index is 0. The van der Waals surface area contributed by atoms with Crippen molar-refractivity contribution in [3.05, 3.63) is 41.2 Å². The van der Waals surface area contributed by atoms with E-state index in [-0.39, 0.29) is 30.0 Å². The molecule has 1 aromatic carbocycles. The van der Waals surface area contributed by atoms with Crippen molar-refractivity contribution in [2.45, 2.75) is 39.7 Å². The van der Waals surface area contributed by atoms with Gasteiger partial charge in [-0.15, -0.1) is 24.0 Å². The predicted octanol–water partition coefficient (Wildman–Crippen LogP) is 3.23. The molecule has 0 spiro atoms. The molecule has 1 unspecified atom stereocenters. The smallest absolute Gasteiger partial charge is 0.191 e. The van der Waals surface area contributed by atoms with Crippen LogP contribution in [0.4, 0.5) is 0 Å². The van der Waals surface area contributed by atoms with Crippen molar-refractivity contribution < 1.29 is 9.47 Å². The highest BCUT2D eigenvalue weighted by molar-refractivity contribution is 14.0. The molecule has 1 aromatic heterocycles. The van der Waals surface area contributed by atoms with Gasteiger partial charge in [0.15, 0.2) is 5.96 Å². The maximum absolute atomic E-state index is 5.76. The number of nitrogens with zero attached hydrogens (tertiary/aromatic N) is 3. The predicted molar refractivity (Wildman–Crippen MR) is 129 cm³/mol. The Balaban J connectivity index is 0.00000420. The van der Waals surface area contributed by atoms with Gasteiger partial charge in [-0.2, -0.15) is 5.10 Å². The van der Waals surface area contributed by atoms with Crippen molar-refractivity contribution in [3.63, 3.8) is 0 Å². The molecular formula is C21H34IN5O2. The van der Waals surface area contributed by atoms with Gasteiger partial charge in [0.25, 0.3) is 0 Å². The first kappa shape index (κ1) is 25.1. The zero-order valence-electron chi connectivity index (χ0n) is 18.3. The fourth-order valence-corrected chi connectivity index (χ4v) is 3.06. The van der Waals surface area contributed by atoms with Gasteiger partial charge in [-0.05, 0) is 51.3 Å². The van der Waals surface area contributed by atoms with Crippen LogP contribution in [-0.4, -0.2) is 49.1 Å². The number of guanidine groups is 1. The van der Waals surface area contributed by atoms with Crippen LogP contribution in [-0.2, 0) is 13.5 Å². The number of aryl methyl sites for hydroxylation is 2. The van der Waals surface area contributed by atoms with Gasteiger partial charge in [0.05, 0.1) is 19.4 Å². The highest BCUT2D eigenvalue weighted by atomic mass is 127. The van der Waals surface area contributed by atoms with Gasteiger partial charge < -0.3 is 20.1 Å². The Kier molecular flexibility index (Phi) is 10.9. The van der Waals surface area contributed by atoms with Crippen molar-refractivity contribution in [1.82, 2.24) is 20.4 Å². The molecule has 162 valence electrons. The van der Waals surface area contributed by atoms with Crippen LogP contribution in [0.5, 0.6) is 11.5 Å². The Bertz CT molecular complexity index is 791. The Labute approximate surface area is 191 Å². The molecule has 0 aliphatic carbocycles. The lowest BCUT2D eigenvalue weighted by Gasteiger charge is -2.18. The topological polar surface area (TPSA) is 72.7 Å². The summed E-state index contributed by atoms with van der Waals surface area (Å²) in [5, 5.41) is 11.3. The molecule has 29 heavy (non-hydrogen) atoms. The monoisotopic (exact) mass is 515 g/mol. The Hall–Kier alpha value is -1.97. The van der Waals surface area contributed by atoms with E-state index < -0.39 is 0 Å². The minimum atomic E-state index is 0. The average Bonchev–Trinajstić information content (AvgIpc) is 2.93.